The zero-order chi connectivity index (χ0) is 25.4. The molecule has 3 heterocycles. The predicted octanol–water partition coefficient (Wildman–Crippen LogP) is 7.93. The first-order chi connectivity index (χ1) is 17.4. The van der Waals surface area contributed by atoms with Crippen LogP contribution in [0.2, 0.25) is 0 Å². The summed E-state index contributed by atoms with van der Waals surface area (Å²) in [5.74, 6) is 2.78. The number of rotatable bonds is 8. The molecule has 2 aromatic rings. The lowest BCUT2D eigenvalue weighted by Crippen LogP contribution is -2.42. The Morgan fingerprint density at radius 2 is 1.75 bits per heavy atom. The summed E-state index contributed by atoms with van der Waals surface area (Å²) in [6.45, 7) is 0.936. The van der Waals surface area contributed by atoms with Gasteiger partial charge in [-0.1, -0.05) is 69.6 Å². The molecule has 0 radical (unpaired) electrons. The van der Waals surface area contributed by atoms with E-state index in [0.717, 1.165) is 64.9 Å². The number of halogens is 4. The van der Waals surface area contributed by atoms with Gasteiger partial charge in [0.25, 0.3) is 0 Å². The molecule has 3 aliphatic rings. The summed E-state index contributed by atoms with van der Waals surface area (Å²) in [5.41, 5.74) is 6.57. The Morgan fingerprint density at radius 3 is 2.44 bits per heavy atom. The largest absolute Gasteiger partial charge is 0.493 e. The number of ether oxygens (including phenoxy) is 4. The minimum Gasteiger partial charge on any atom is -0.493 e. The third-order valence-corrected chi connectivity index (χ3v) is 8.34. The van der Waals surface area contributed by atoms with Gasteiger partial charge in [0.1, 0.15) is 6.04 Å². The summed E-state index contributed by atoms with van der Waals surface area (Å²) in [4.78, 5) is 2.25. The molecule has 36 heavy (non-hydrogen) atoms. The van der Waals surface area contributed by atoms with Gasteiger partial charge >= 0.3 is 0 Å². The number of allylic oxidation sites excluding steroid dienone is 1. The highest BCUT2D eigenvalue weighted by Crippen LogP contribution is 2.59. The lowest BCUT2D eigenvalue weighted by atomic mass is 9.80. The van der Waals surface area contributed by atoms with Crippen LogP contribution in [0.15, 0.2) is 24.3 Å². The van der Waals surface area contributed by atoms with Crippen LogP contribution < -0.4 is 18.9 Å². The third kappa shape index (κ3) is 4.63. The van der Waals surface area contributed by atoms with Crippen molar-refractivity contribution in [3.05, 3.63) is 46.5 Å². The third-order valence-electron chi connectivity index (χ3n) is 7.16. The molecule has 0 saturated heterocycles. The van der Waals surface area contributed by atoms with E-state index >= 15 is 0 Å². The number of unbranched alkanes of at least 4 members (excludes halogenated alkanes) is 3. The molecule has 0 spiro atoms. The normalized spacial score (nSPS) is 18.1. The number of hydrogen-bond acceptors (Lipinski definition) is 5. The molecule has 0 N–H and O–H groups in total. The molecule has 5 rings (SSSR count). The van der Waals surface area contributed by atoms with Crippen LogP contribution >= 0.6 is 50.7 Å². The summed E-state index contributed by atoms with van der Waals surface area (Å²) < 4.78 is 21.3. The van der Waals surface area contributed by atoms with Crippen molar-refractivity contribution in [2.75, 3.05) is 32.9 Å². The summed E-state index contributed by atoms with van der Waals surface area (Å²) in [7, 11) is 3.27. The molecule has 2 aromatic carbocycles. The Morgan fingerprint density at radius 1 is 1.00 bits per heavy atom. The second-order valence-corrected chi connectivity index (χ2v) is 12.4. The van der Waals surface area contributed by atoms with Crippen molar-refractivity contribution in [3.63, 3.8) is 0 Å². The van der Waals surface area contributed by atoms with Crippen molar-refractivity contribution in [2.45, 2.75) is 48.4 Å². The van der Waals surface area contributed by atoms with Crippen LogP contribution in [0.25, 0.3) is 11.3 Å². The Kier molecular flexibility index (Phi) is 7.79. The van der Waals surface area contributed by atoms with Gasteiger partial charge in [0.05, 0.1) is 14.2 Å². The quantitative estimate of drug-likeness (QED) is 0.222. The van der Waals surface area contributed by atoms with Crippen LogP contribution in [-0.4, -0.2) is 41.6 Å². The summed E-state index contributed by atoms with van der Waals surface area (Å²) in [5, 5.41) is 1.03. The van der Waals surface area contributed by atoms with E-state index in [1.807, 2.05) is 6.07 Å². The van der Waals surface area contributed by atoms with Gasteiger partial charge in [0.15, 0.2) is 23.0 Å². The van der Waals surface area contributed by atoms with E-state index in [1.54, 1.807) is 14.2 Å². The zero-order valence-electron chi connectivity index (χ0n) is 20.3. The van der Waals surface area contributed by atoms with Gasteiger partial charge in [-0.15, -0.1) is 0 Å². The zero-order valence-corrected chi connectivity index (χ0v) is 24.2. The molecule has 0 aromatic heterocycles. The summed E-state index contributed by atoms with van der Waals surface area (Å²) in [6.07, 6.45) is 6.26. The molecule has 0 saturated carbocycles. The van der Waals surface area contributed by atoms with Crippen LogP contribution in [0.1, 0.15) is 60.4 Å². The smallest absolute Gasteiger partial charge is 0.231 e. The number of hydrogen-bond donors (Lipinski definition) is 0. The molecule has 194 valence electrons. The molecule has 0 bridgehead atoms. The van der Waals surface area contributed by atoms with E-state index in [1.165, 1.54) is 24.0 Å². The fraction of sp³-hybridized carbons (Fsp3) is 0.481. The molecule has 3 aliphatic heterocycles. The van der Waals surface area contributed by atoms with Crippen molar-refractivity contribution in [3.8, 4) is 23.0 Å². The van der Waals surface area contributed by atoms with Gasteiger partial charge in [-0.3, -0.25) is 0 Å². The van der Waals surface area contributed by atoms with Gasteiger partial charge in [0, 0.05) is 28.7 Å². The SMILES string of the molecule is COc1ccc2c(c1OC)[C@H](C(Cl)(Cl)Cl)N1CCc3cc4c(cc3C1=C2CCCCCCBr)OCO4. The maximum atomic E-state index is 6.74. The van der Waals surface area contributed by atoms with Crippen molar-refractivity contribution in [1.82, 2.24) is 4.90 Å². The van der Waals surface area contributed by atoms with E-state index < -0.39 is 9.83 Å². The number of alkyl halides is 4. The molecule has 0 aliphatic carbocycles. The van der Waals surface area contributed by atoms with Crippen LogP contribution in [-0.2, 0) is 6.42 Å². The Labute approximate surface area is 235 Å². The minimum atomic E-state index is -1.60. The first-order valence-corrected chi connectivity index (χ1v) is 14.4. The van der Waals surface area contributed by atoms with Gasteiger partial charge in [0.2, 0.25) is 10.6 Å². The second kappa shape index (κ2) is 10.7. The monoisotopic (exact) mass is 615 g/mol. The Bertz CT molecular complexity index is 1180. The average molecular weight is 618 g/mol. The van der Waals surface area contributed by atoms with Crippen molar-refractivity contribution in [2.24, 2.45) is 0 Å². The number of nitrogens with zero attached hydrogens (tertiary/aromatic N) is 1. The Hall–Kier alpha value is -1.47. The number of benzene rings is 2. The van der Waals surface area contributed by atoms with E-state index in [-0.39, 0.29) is 6.79 Å². The van der Waals surface area contributed by atoms with Crippen molar-refractivity contribution >= 4 is 62.0 Å². The molecular weight excluding hydrogens is 589 g/mol. The molecule has 0 amide bonds. The summed E-state index contributed by atoms with van der Waals surface area (Å²) >= 11 is 23.7. The molecule has 5 nitrogen and oxygen atoms in total. The maximum absolute atomic E-state index is 6.74. The van der Waals surface area contributed by atoms with Crippen molar-refractivity contribution in [1.29, 1.82) is 0 Å². The highest BCUT2D eigenvalue weighted by atomic mass is 79.9. The highest BCUT2D eigenvalue weighted by Gasteiger charge is 2.48. The van der Waals surface area contributed by atoms with Gasteiger partial charge in [-0.2, -0.15) is 0 Å². The summed E-state index contributed by atoms with van der Waals surface area (Å²) in [6, 6.07) is 7.67. The lowest BCUT2D eigenvalue weighted by molar-refractivity contribution is 0.174. The van der Waals surface area contributed by atoms with Crippen molar-refractivity contribution < 1.29 is 18.9 Å². The lowest BCUT2D eigenvalue weighted by Gasteiger charge is -2.47. The molecular formula is C27H29BrCl3NO4. The maximum Gasteiger partial charge on any atom is 0.231 e. The minimum absolute atomic E-state index is 0.234. The first kappa shape index (κ1) is 26.1. The number of methoxy groups -OCH3 is 2. The van der Waals surface area contributed by atoms with E-state index in [0.29, 0.717) is 18.0 Å². The second-order valence-electron chi connectivity index (χ2n) is 9.19. The highest BCUT2D eigenvalue weighted by molar-refractivity contribution is 9.09. The number of fused-ring (bicyclic) bond motifs is 5. The van der Waals surface area contributed by atoms with Gasteiger partial charge < -0.3 is 23.8 Å². The Balaban J connectivity index is 1.73. The fourth-order valence-electron chi connectivity index (χ4n) is 5.62. The van der Waals surface area contributed by atoms with Crippen LogP contribution in [0.4, 0.5) is 0 Å². The van der Waals surface area contributed by atoms with E-state index in [9.17, 15) is 0 Å². The van der Waals surface area contributed by atoms with E-state index in [2.05, 4.69) is 39.0 Å². The topological polar surface area (TPSA) is 40.2 Å². The van der Waals surface area contributed by atoms with Gasteiger partial charge in [-0.05, 0) is 60.6 Å². The van der Waals surface area contributed by atoms with Gasteiger partial charge in [-0.25, -0.2) is 0 Å². The van der Waals surface area contributed by atoms with Crippen LogP contribution in [0.5, 0.6) is 23.0 Å². The molecule has 1 atom stereocenters. The average Bonchev–Trinajstić information content (AvgIpc) is 3.32. The fourth-order valence-corrected chi connectivity index (χ4v) is 6.70. The molecule has 9 heteroatoms. The van der Waals surface area contributed by atoms with Crippen LogP contribution in [0, 0.1) is 0 Å². The van der Waals surface area contributed by atoms with Crippen LogP contribution in [0.3, 0.4) is 0 Å². The molecule has 0 fully saturated rings. The first-order valence-electron chi connectivity index (χ1n) is 12.2. The van der Waals surface area contributed by atoms with E-state index in [4.69, 9.17) is 53.8 Å². The predicted molar refractivity (Wildman–Crippen MR) is 149 cm³/mol. The standard InChI is InChI=1S/C27H29BrCl3NO4/c1-33-20-9-8-17-18(7-5-3-4-6-11-28)24-19-14-22-21(35-15-36-22)13-16(19)10-12-32(24)26(27(29,30)31)23(17)25(20)34-2/h8-9,13-14,26H,3-7,10-12,15H2,1-2H3/t26-/m1/s1. The molecule has 0 unspecified atom stereocenters.